The first-order valence-electron chi connectivity index (χ1n) is 8.48. The minimum Gasteiger partial charge on any atom is -0.480 e. The number of anilines is 1. The number of hydrogen-bond acceptors (Lipinski definition) is 5. The minimum absolute atomic E-state index is 0.110. The molecule has 1 fully saturated rings. The normalized spacial score (nSPS) is 14.9. The van der Waals surface area contributed by atoms with E-state index in [1.165, 1.54) is 6.42 Å². The zero-order valence-electron chi connectivity index (χ0n) is 14.4. The van der Waals surface area contributed by atoms with Gasteiger partial charge < -0.3 is 20.1 Å². The molecule has 6 heteroatoms. The van der Waals surface area contributed by atoms with Gasteiger partial charge in [-0.2, -0.15) is 0 Å². The summed E-state index contributed by atoms with van der Waals surface area (Å²) in [5.74, 6) is -0.250. The Bertz CT molecular complexity index is 582. The van der Waals surface area contributed by atoms with Crippen LogP contribution in [0.25, 0.3) is 0 Å². The monoisotopic (exact) mass is 334 g/mol. The lowest BCUT2D eigenvalue weighted by molar-refractivity contribution is -0.145. The lowest BCUT2D eigenvalue weighted by atomic mass is 9.94. The van der Waals surface area contributed by atoms with Crippen LogP contribution < -0.4 is 10.5 Å². The summed E-state index contributed by atoms with van der Waals surface area (Å²) in [5.41, 5.74) is 6.75. The Hall–Kier alpha value is -2.24. The highest BCUT2D eigenvalue weighted by Crippen LogP contribution is 2.28. The molecule has 1 aromatic rings. The predicted molar refractivity (Wildman–Crippen MR) is 91.9 cm³/mol. The quantitative estimate of drug-likeness (QED) is 0.639. The molecular formula is C18H26N2O4. The van der Waals surface area contributed by atoms with E-state index in [1.54, 1.807) is 30.0 Å². The van der Waals surface area contributed by atoms with Crippen LogP contribution in [-0.4, -0.2) is 43.1 Å². The number of nitrogen functional groups attached to an aromatic ring is 1. The summed E-state index contributed by atoms with van der Waals surface area (Å²) in [6.07, 6.45) is 5.60. The van der Waals surface area contributed by atoms with E-state index in [0.29, 0.717) is 17.9 Å². The summed E-state index contributed by atoms with van der Waals surface area (Å²) in [4.78, 5) is 25.9. The highest BCUT2D eigenvalue weighted by molar-refractivity contribution is 6.00. The lowest BCUT2D eigenvalue weighted by Gasteiger charge is -2.31. The molecule has 24 heavy (non-hydrogen) atoms. The van der Waals surface area contributed by atoms with E-state index in [-0.39, 0.29) is 24.2 Å². The van der Waals surface area contributed by atoms with Crippen molar-refractivity contribution in [1.82, 2.24) is 4.90 Å². The fourth-order valence-corrected chi connectivity index (χ4v) is 3.02. The van der Waals surface area contributed by atoms with Crippen molar-refractivity contribution in [3.05, 3.63) is 23.8 Å². The van der Waals surface area contributed by atoms with Crippen LogP contribution in [0, 0.1) is 0 Å². The molecule has 0 aromatic heterocycles. The van der Waals surface area contributed by atoms with Gasteiger partial charge in [0.25, 0.3) is 5.91 Å². The van der Waals surface area contributed by atoms with E-state index < -0.39 is 5.97 Å². The van der Waals surface area contributed by atoms with E-state index in [4.69, 9.17) is 15.2 Å². The van der Waals surface area contributed by atoms with E-state index in [1.807, 2.05) is 7.05 Å². The fourth-order valence-electron chi connectivity index (χ4n) is 3.02. The first-order valence-corrected chi connectivity index (χ1v) is 8.48. The Balaban J connectivity index is 2.08. The molecule has 0 heterocycles. The maximum Gasteiger partial charge on any atom is 0.344 e. The van der Waals surface area contributed by atoms with Gasteiger partial charge in [0.1, 0.15) is 5.75 Å². The second-order valence-corrected chi connectivity index (χ2v) is 6.02. The number of ether oxygens (including phenoxy) is 2. The molecule has 0 saturated heterocycles. The number of nitrogens with zero attached hydrogens (tertiary/aromatic N) is 1. The van der Waals surface area contributed by atoms with Crippen molar-refractivity contribution in [2.24, 2.45) is 0 Å². The summed E-state index contributed by atoms with van der Waals surface area (Å²) in [5, 5.41) is 0. The van der Waals surface area contributed by atoms with Gasteiger partial charge in [-0.3, -0.25) is 4.79 Å². The van der Waals surface area contributed by atoms with Crippen LogP contribution in [0.15, 0.2) is 18.2 Å². The molecule has 1 aliphatic rings. The van der Waals surface area contributed by atoms with Crippen LogP contribution in [0.5, 0.6) is 5.75 Å². The fraction of sp³-hybridized carbons (Fsp3) is 0.556. The molecule has 0 atom stereocenters. The Labute approximate surface area is 142 Å². The number of carbonyl (C=O) groups is 2. The Kier molecular flexibility index (Phi) is 6.46. The molecule has 2 rings (SSSR count). The second-order valence-electron chi connectivity index (χ2n) is 6.02. The molecule has 0 spiro atoms. The number of nitrogens with two attached hydrogens (primary N) is 1. The number of rotatable bonds is 6. The Morgan fingerprint density at radius 1 is 1.25 bits per heavy atom. The molecule has 1 amide bonds. The predicted octanol–water partition coefficient (Wildman–Crippen LogP) is 2.62. The van der Waals surface area contributed by atoms with Gasteiger partial charge in [-0.15, -0.1) is 0 Å². The Morgan fingerprint density at radius 2 is 1.96 bits per heavy atom. The van der Waals surface area contributed by atoms with Crippen molar-refractivity contribution in [2.75, 3.05) is 26.0 Å². The highest BCUT2D eigenvalue weighted by Gasteiger charge is 2.25. The van der Waals surface area contributed by atoms with E-state index in [2.05, 4.69) is 0 Å². The molecule has 1 saturated carbocycles. The average molecular weight is 334 g/mol. The number of para-hydroxylation sites is 1. The number of carbonyl (C=O) groups excluding carboxylic acids is 2. The summed E-state index contributed by atoms with van der Waals surface area (Å²) in [7, 11) is 1.82. The standard InChI is InChI=1S/C18H26N2O4/c1-3-23-16(21)12-24-15-11-7-10-14(17(15)19)18(22)20(2)13-8-5-4-6-9-13/h7,10-11,13H,3-6,8-9,12,19H2,1-2H3. The van der Waals surface area contributed by atoms with Crippen molar-refractivity contribution < 1.29 is 19.1 Å². The van der Waals surface area contributed by atoms with Crippen molar-refractivity contribution in [1.29, 1.82) is 0 Å². The topological polar surface area (TPSA) is 81.9 Å². The maximum absolute atomic E-state index is 12.8. The highest BCUT2D eigenvalue weighted by atomic mass is 16.6. The largest absolute Gasteiger partial charge is 0.480 e. The second kappa shape index (κ2) is 8.57. The smallest absolute Gasteiger partial charge is 0.344 e. The van der Waals surface area contributed by atoms with Gasteiger partial charge in [-0.1, -0.05) is 25.3 Å². The van der Waals surface area contributed by atoms with Crippen LogP contribution in [0.2, 0.25) is 0 Å². The van der Waals surface area contributed by atoms with Crippen molar-refractivity contribution in [2.45, 2.75) is 45.1 Å². The third-order valence-electron chi connectivity index (χ3n) is 4.39. The van der Waals surface area contributed by atoms with Crippen LogP contribution in [0.1, 0.15) is 49.4 Å². The van der Waals surface area contributed by atoms with E-state index >= 15 is 0 Å². The summed E-state index contributed by atoms with van der Waals surface area (Å²) in [6.45, 7) is 1.79. The summed E-state index contributed by atoms with van der Waals surface area (Å²) in [6, 6.07) is 5.30. The van der Waals surface area contributed by atoms with Crippen molar-refractivity contribution >= 4 is 17.6 Å². The number of esters is 1. The average Bonchev–Trinajstić information content (AvgIpc) is 2.60. The van der Waals surface area contributed by atoms with Gasteiger partial charge in [-0.05, 0) is 31.9 Å². The molecule has 0 aliphatic heterocycles. The zero-order valence-corrected chi connectivity index (χ0v) is 14.4. The van der Waals surface area contributed by atoms with Gasteiger partial charge >= 0.3 is 5.97 Å². The maximum atomic E-state index is 12.8. The van der Waals surface area contributed by atoms with Crippen LogP contribution in [0.4, 0.5) is 5.69 Å². The van der Waals surface area contributed by atoms with Crippen LogP contribution in [-0.2, 0) is 9.53 Å². The zero-order chi connectivity index (χ0) is 17.5. The van der Waals surface area contributed by atoms with Gasteiger partial charge in [-0.25, -0.2) is 4.79 Å². The van der Waals surface area contributed by atoms with Crippen molar-refractivity contribution in [3.63, 3.8) is 0 Å². The third kappa shape index (κ3) is 4.40. The summed E-state index contributed by atoms with van der Waals surface area (Å²) < 4.78 is 10.2. The Morgan fingerprint density at radius 3 is 2.62 bits per heavy atom. The third-order valence-corrected chi connectivity index (χ3v) is 4.39. The molecule has 6 nitrogen and oxygen atoms in total. The van der Waals surface area contributed by atoms with Gasteiger partial charge in [0.2, 0.25) is 0 Å². The van der Waals surface area contributed by atoms with Crippen LogP contribution in [0.3, 0.4) is 0 Å². The summed E-state index contributed by atoms with van der Waals surface area (Å²) >= 11 is 0. The molecule has 0 radical (unpaired) electrons. The van der Waals surface area contributed by atoms with E-state index in [0.717, 1.165) is 25.7 Å². The van der Waals surface area contributed by atoms with Gasteiger partial charge in [0, 0.05) is 13.1 Å². The van der Waals surface area contributed by atoms with E-state index in [9.17, 15) is 9.59 Å². The first kappa shape index (κ1) is 18.1. The molecule has 0 bridgehead atoms. The number of hydrogen-bond donors (Lipinski definition) is 1. The molecule has 0 unspecified atom stereocenters. The molecular weight excluding hydrogens is 308 g/mol. The van der Waals surface area contributed by atoms with Crippen LogP contribution >= 0.6 is 0 Å². The number of amides is 1. The SMILES string of the molecule is CCOC(=O)COc1cccc(C(=O)N(C)C2CCCCC2)c1N. The van der Waals surface area contributed by atoms with Crippen molar-refractivity contribution in [3.8, 4) is 5.75 Å². The molecule has 132 valence electrons. The number of benzene rings is 1. The van der Waals surface area contributed by atoms with Gasteiger partial charge in [0.05, 0.1) is 17.9 Å². The molecule has 2 N–H and O–H groups in total. The lowest BCUT2D eigenvalue weighted by Crippen LogP contribution is -2.38. The first-order chi connectivity index (χ1) is 11.5. The minimum atomic E-state index is -0.465. The van der Waals surface area contributed by atoms with Gasteiger partial charge in [0.15, 0.2) is 6.61 Å². The molecule has 1 aliphatic carbocycles. The molecule has 1 aromatic carbocycles.